The molecule has 0 saturated carbocycles. The number of carbonyl (C=O) groups excluding carboxylic acids is 1. The summed E-state index contributed by atoms with van der Waals surface area (Å²) in [6.07, 6.45) is 2.34. The molecule has 2 N–H and O–H groups in total. The molecule has 6 nitrogen and oxygen atoms in total. The summed E-state index contributed by atoms with van der Waals surface area (Å²) in [5.41, 5.74) is 1.12. The van der Waals surface area contributed by atoms with Crippen molar-refractivity contribution in [3.05, 3.63) is 54.1 Å². The van der Waals surface area contributed by atoms with Gasteiger partial charge in [-0.3, -0.25) is 9.69 Å². The van der Waals surface area contributed by atoms with Gasteiger partial charge in [0, 0.05) is 6.54 Å². The van der Waals surface area contributed by atoms with Gasteiger partial charge in [-0.05, 0) is 55.8 Å². The summed E-state index contributed by atoms with van der Waals surface area (Å²) in [7, 11) is 1.65. The fourth-order valence-electron chi connectivity index (χ4n) is 3.34. The maximum Gasteiger partial charge on any atom is 0.258 e. The molecule has 144 valence electrons. The number of likely N-dealkylation sites (tertiary alicyclic amines) is 1. The predicted molar refractivity (Wildman–Crippen MR) is 103 cm³/mol. The summed E-state index contributed by atoms with van der Waals surface area (Å²) < 4.78 is 10.7. The monoisotopic (exact) mass is 370 g/mol. The fourth-order valence-corrected chi connectivity index (χ4v) is 3.34. The zero-order valence-electron chi connectivity index (χ0n) is 15.6. The number of methoxy groups -OCH3 is 1. The Hall–Kier alpha value is -2.73. The van der Waals surface area contributed by atoms with Crippen LogP contribution in [0.3, 0.4) is 0 Å². The Bertz CT molecular complexity index is 759. The number of hydrogen-bond acceptors (Lipinski definition) is 5. The number of amides is 1. The van der Waals surface area contributed by atoms with Crippen LogP contribution in [0, 0.1) is 0 Å². The zero-order chi connectivity index (χ0) is 19.1. The van der Waals surface area contributed by atoms with E-state index in [4.69, 9.17) is 9.47 Å². The van der Waals surface area contributed by atoms with E-state index in [1.807, 2.05) is 18.2 Å². The van der Waals surface area contributed by atoms with Crippen molar-refractivity contribution in [3.8, 4) is 17.2 Å². The Labute approximate surface area is 159 Å². The number of nitrogens with zero attached hydrogens (tertiary/aromatic N) is 1. The second-order valence-electron chi connectivity index (χ2n) is 6.60. The maximum absolute atomic E-state index is 12.2. The Kier molecular flexibility index (Phi) is 6.54. The summed E-state index contributed by atoms with van der Waals surface area (Å²) >= 11 is 0. The number of aromatic hydroxyl groups is 1. The minimum Gasteiger partial charge on any atom is -0.504 e. The van der Waals surface area contributed by atoms with Crippen molar-refractivity contribution >= 4 is 5.91 Å². The van der Waals surface area contributed by atoms with E-state index in [1.54, 1.807) is 25.3 Å². The summed E-state index contributed by atoms with van der Waals surface area (Å²) in [5.74, 6) is 0.921. The van der Waals surface area contributed by atoms with Crippen LogP contribution < -0.4 is 14.8 Å². The standard InChI is InChI=1S/C21H26N2O4/c1-26-17-8-6-7-16(13-17)18(23-11-4-5-12-23)14-22-21(25)15-27-20-10-3-2-9-19(20)24/h2-3,6-10,13,18,24H,4-5,11-12,14-15H2,1H3,(H,22,25). The molecule has 6 heteroatoms. The van der Waals surface area contributed by atoms with Crippen LogP contribution in [0.15, 0.2) is 48.5 Å². The molecule has 0 spiro atoms. The van der Waals surface area contributed by atoms with Crippen molar-refractivity contribution in [1.29, 1.82) is 0 Å². The van der Waals surface area contributed by atoms with E-state index >= 15 is 0 Å². The highest BCUT2D eigenvalue weighted by molar-refractivity contribution is 5.77. The van der Waals surface area contributed by atoms with Gasteiger partial charge < -0.3 is 19.9 Å². The molecule has 27 heavy (non-hydrogen) atoms. The largest absolute Gasteiger partial charge is 0.504 e. The first-order valence-electron chi connectivity index (χ1n) is 9.23. The molecular weight excluding hydrogens is 344 g/mol. The minimum atomic E-state index is -0.217. The van der Waals surface area contributed by atoms with Gasteiger partial charge >= 0.3 is 0 Å². The summed E-state index contributed by atoms with van der Waals surface area (Å²) in [4.78, 5) is 14.6. The molecular formula is C21H26N2O4. The first kappa shape index (κ1) is 19.0. The van der Waals surface area contributed by atoms with E-state index in [0.29, 0.717) is 12.3 Å². The highest BCUT2D eigenvalue weighted by Crippen LogP contribution is 2.27. The first-order chi connectivity index (χ1) is 13.2. The zero-order valence-corrected chi connectivity index (χ0v) is 15.6. The van der Waals surface area contributed by atoms with Gasteiger partial charge in [0.25, 0.3) is 5.91 Å². The molecule has 1 saturated heterocycles. The van der Waals surface area contributed by atoms with Crippen molar-refractivity contribution in [2.75, 3.05) is 33.4 Å². The number of phenolic OH excluding ortho intramolecular Hbond substituents is 1. The molecule has 2 aromatic carbocycles. The molecule has 1 atom stereocenters. The van der Waals surface area contributed by atoms with Crippen molar-refractivity contribution in [3.63, 3.8) is 0 Å². The average molecular weight is 370 g/mol. The molecule has 1 heterocycles. The third-order valence-corrected chi connectivity index (χ3v) is 4.78. The van der Waals surface area contributed by atoms with Gasteiger partial charge in [0.1, 0.15) is 5.75 Å². The summed E-state index contributed by atoms with van der Waals surface area (Å²) in [6.45, 7) is 2.40. The SMILES string of the molecule is COc1cccc(C(CNC(=O)COc2ccccc2O)N2CCCC2)c1. The Balaban J connectivity index is 1.60. The predicted octanol–water partition coefficient (Wildman–Crippen LogP) is 2.73. The lowest BCUT2D eigenvalue weighted by molar-refractivity contribution is -0.123. The third kappa shape index (κ3) is 5.14. The first-order valence-corrected chi connectivity index (χ1v) is 9.23. The lowest BCUT2D eigenvalue weighted by Gasteiger charge is -2.28. The van der Waals surface area contributed by atoms with Crippen LogP contribution >= 0.6 is 0 Å². The van der Waals surface area contributed by atoms with Crippen molar-refractivity contribution in [1.82, 2.24) is 10.2 Å². The lowest BCUT2D eigenvalue weighted by atomic mass is 10.0. The van der Waals surface area contributed by atoms with Crippen molar-refractivity contribution < 1.29 is 19.4 Å². The van der Waals surface area contributed by atoms with Gasteiger partial charge in [-0.2, -0.15) is 0 Å². The van der Waals surface area contributed by atoms with Crippen LogP contribution in [0.1, 0.15) is 24.4 Å². The smallest absolute Gasteiger partial charge is 0.258 e. The molecule has 0 bridgehead atoms. The maximum atomic E-state index is 12.2. The van der Waals surface area contributed by atoms with Crippen molar-refractivity contribution in [2.24, 2.45) is 0 Å². The minimum absolute atomic E-state index is 0.0247. The van der Waals surface area contributed by atoms with Crippen LogP contribution in [0.4, 0.5) is 0 Å². The van der Waals surface area contributed by atoms with E-state index < -0.39 is 0 Å². The lowest BCUT2D eigenvalue weighted by Crippen LogP contribution is -2.38. The number of benzene rings is 2. The van der Waals surface area contributed by atoms with Gasteiger partial charge in [0.05, 0.1) is 13.2 Å². The molecule has 0 radical (unpaired) electrons. The number of hydrogen-bond donors (Lipinski definition) is 2. The van der Waals surface area contributed by atoms with Crippen LogP contribution in [-0.4, -0.2) is 49.3 Å². The summed E-state index contributed by atoms with van der Waals surface area (Å²) in [6, 6.07) is 14.7. The van der Waals surface area contributed by atoms with Gasteiger partial charge in [-0.1, -0.05) is 24.3 Å². The molecule has 1 aliphatic rings. The number of phenols is 1. The van der Waals surface area contributed by atoms with Crippen LogP contribution in [0.5, 0.6) is 17.2 Å². The molecule has 0 aromatic heterocycles. The number of para-hydroxylation sites is 2. The molecule has 2 aromatic rings. The second-order valence-corrected chi connectivity index (χ2v) is 6.60. The number of ether oxygens (including phenoxy) is 2. The van der Waals surface area contributed by atoms with Crippen LogP contribution in [0.2, 0.25) is 0 Å². The van der Waals surface area contributed by atoms with Gasteiger partial charge in [0.2, 0.25) is 0 Å². The number of rotatable bonds is 8. The second kappa shape index (κ2) is 9.28. The topological polar surface area (TPSA) is 71.0 Å². The normalized spacial score (nSPS) is 15.3. The number of carbonyl (C=O) groups is 1. The molecule has 1 amide bonds. The van der Waals surface area contributed by atoms with Crippen molar-refractivity contribution in [2.45, 2.75) is 18.9 Å². The van der Waals surface area contributed by atoms with Crippen LogP contribution in [-0.2, 0) is 4.79 Å². The van der Waals surface area contributed by atoms with E-state index in [-0.39, 0.29) is 24.3 Å². The quantitative estimate of drug-likeness (QED) is 0.748. The third-order valence-electron chi connectivity index (χ3n) is 4.78. The highest BCUT2D eigenvalue weighted by Gasteiger charge is 2.24. The van der Waals surface area contributed by atoms with Gasteiger partial charge in [-0.15, -0.1) is 0 Å². The van der Waals surface area contributed by atoms with E-state index in [9.17, 15) is 9.90 Å². The molecule has 1 unspecified atom stereocenters. The van der Waals surface area contributed by atoms with E-state index in [0.717, 1.165) is 24.4 Å². The Morgan fingerprint density at radius 2 is 1.96 bits per heavy atom. The Morgan fingerprint density at radius 1 is 1.19 bits per heavy atom. The van der Waals surface area contributed by atoms with Gasteiger partial charge in [0.15, 0.2) is 18.1 Å². The summed E-state index contributed by atoms with van der Waals surface area (Å²) in [5, 5.41) is 12.7. The van der Waals surface area contributed by atoms with Gasteiger partial charge in [-0.25, -0.2) is 0 Å². The highest BCUT2D eigenvalue weighted by atomic mass is 16.5. The number of nitrogens with one attached hydrogen (secondary N) is 1. The molecule has 0 aliphatic carbocycles. The molecule has 1 aliphatic heterocycles. The van der Waals surface area contributed by atoms with Crippen LogP contribution in [0.25, 0.3) is 0 Å². The van der Waals surface area contributed by atoms with E-state index in [2.05, 4.69) is 16.3 Å². The Morgan fingerprint density at radius 3 is 2.70 bits per heavy atom. The molecule has 3 rings (SSSR count). The van der Waals surface area contributed by atoms with E-state index in [1.165, 1.54) is 18.9 Å². The fraction of sp³-hybridized carbons (Fsp3) is 0.381. The average Bonchev–Trinajstić information content (AvgIpc) is 3.22. The molecule has 1 fully saturated rings.